The van der Waals surface area contributed by atoms with Crippen LogP contribution in [-0.2, 0) is 19.1 Å². The minimum absolute atomic E-state index is 0.0675. The molecule has 0 saturated heterocycles. The summed E-state index contributed by atoms with van der Waals surface area (Å²) >= 11 is 1.61. The predicted molar refractivity (Wildman–Crippen MR) is 107 cm³/mol. The van der Waals surface area contributed by atoms with Gasteiger partial charge in [0.2, 0.25) is 5.91 Å². The normalized spacial score (nSPS) is 21.1. The van der Waals surface area contributed by atoms with E-state index >= 15 is 0 Å². The third-order valence-electron chi connectivity index (χ3n) is 4.57. The van der Waals surface area contributed by atoms with Crippen LogP contribution in [0.1, 0.15) is 52.9 Å². The second-order valence-corrected chi connectivity index (χ2v) is 8.89. The van der Waals surface area contributed by atoms with Crippen LogP contribution in [-0.4, -0.2) is 55.3 Å². The van der Waals surface area contributed by atoms with Gasteiger partial charge in [-0.05, 0) is 58.0 Å². The number of nitrogens with one attached hydrogen (secondary N) is 2. The summed E-state index contributed by atoms with van der Waals surface area (Å²) in [5.74, 6) is 0.177. The molecule has 1 aliphatic rings. The maximum Gasteiger partial charge on any atom is 0.408 e. The summed E-state index contributed by atoms with van der Waals surface area (Å²) in [4.78, 5) is 36.6. The fourth-order valence-electron chi connectivity index (χ4n) is 3.22. The highest BCUT2D eigenvalue weighted by atomic mass is 32.2. The molecule has 0 heterocycles. The third kappa shape index (κ3) is 8.86. The molecule has 0 aromatic heterocycles. The van der Waals surface area contributed by atoms with Crippen LogP contribution in [0, 0.1) is 11.8 Å². The highest BCUT2D eigenvalue weighted by molar-refractivity contribution is 7.98. The molecule has 27 heavy (non-hydrogen) atoms. The van der Waals surface area contributed by atoms with Crippen molar-refractivity contribution in [2.24, 2.45) is 11.8 Å². The molecule has 1 aliphatic carbocycles. The van der Waals surface area contributed by atoms with Crippen molar-refractivity contribution in [3.05, 3.63) is 0 Å². The van der Waals surface area contributed by atoms with Crippen LogP contribution in [0.15, 0.2) is 0 Å². The van der Waals surface area contributed by atoms with Gasteiger partial charge < -0.3 is 20.1 Å². The first-order valence-electron chi connectivity index (χ1n) is 9.52. The Morgan fingerprint density at radius 2 is 1.85 bits per heavy atom. The van der Waals surface area contributed by atoms with E-state index in [1.54, 1.807) is 32.5 Å². The molecule has 2 amide bonds. The monoisotopic (exact) mass is 402 g/mol. The van der Waals surface area contributed by atoms with Gasteiger partial charge in [0.15, 0.2) is 0 Å². The van der Waals surface area contributed by atoms with Crippen LogP contribution < -0.4 is 10.6 Å². The van der Waals surface area contributed by atoms with E-state index in [0.717, 1.165) is 31.4 Å². The molecule has 0 bridgehead atoms. The van der Waals surface area contributed by atoms with Gasteiger partial charge in [0.25, 0.3) is 0 Å². The van der Waals surface area contributed by atoms with Crippen LogP contribution in [0.5, 0.6) is 0 Å². The number of amides is 2. The molecular formula is C19H34N2O5S. The Hall–Kier alpha value is -1.44. The zero-order chi connectivity index (χ0) is 20.4. The number of ether oxygens (including phenoxy) is 2. The largest absolute Gasteiger partial charge is 0.469 e. The van der Waals surface area contributed by atoms with Crippen LogP contribution >= 0.6 is 11.8 Å². The van der Waals surface area contributed by atoms with Crippen LogP contribution in [0.4, 0.5) is 4.79 Å². The lowest BCUT2D eigenvalue weighted by Crippen LogP contribution is -2.50. The van der Waals surface area contributed by atoms with Gasteiger partial charge >= 0.3 is 12.1 Å². The first-order chi connectivity index (χ1) is 12.7. The van der Waals surface area contributed by atoms with Gasteiger partial charge in [0.05, 0.1) is 13.0 Å². The van der Waals surface area contributed by atoms with E-state index < -0.39 is 17.7 Å². The van der Waals surface area contributed by atoms with E-state index in [-0.39, 0.29) is 23.7 Å². The summed E-state index contributed by atoms with van der Waals surface area (Å²) in [6.07, 6.45) is 5.58. The van der Waals surface area contributed by atoms with E-state index in [0.29, 0.717) is 13.0 Å². The summed E-state index contributed by atoms with van der Waals surface area (Å²) < 4.78 is 10.2. The molecule has 1 fully saturated rings. The fraction of sp³-hybridized carbons (Fsp3) is 0.842. The van der Waals surface area contributed by atoms with Gasteiger partial charge in [-0.15, -0.1) is 0 Å². The summed E-state index contributed by atoms with van der Waals surface area (Å²) in [5, 5.41) is 5.58. The third-order valence-corrected chi connectivity index (χ3v) is 5.21. The molecule has 8 heteroatoms. The number of carbonyl (C=O) groups excluding carboxylic acids is 3. The topological polar surface area (TPSA) is 93.7 Å². The van der Waals surface area contributed by atoms with Gasteiger partial charge in [-0.3, -0.25) is 9.59 Å². The highest BCUT2D eigenvalue weighted by Gasteiger charge is 2.32. The van der Waals surface area contributed by atoms with Crippen molar-refractivity contribution in [2.75, 3.05) is 25.7 Å². The summed E-state index contributed by atoms with van der Waals surface area (Å²) in [6.45, 7) is 5.74. The molecule has 1 rings (SSSR count). The van der Waals surface area contributed by atoms with Gasteiger partial charge in [-0.25, -0.2) is 4.79 Å². The van der Waals surface area contributed by atoms with Crippen molar-refractivity contribution in [2.45, 2.75) is 64.5 Å². The number of rotatable bonds is 8. The van der Waals surface area contributed by atoms with E-state index in [2.05, 4.69) is 10.6 Å². The Morgan fingerprint density at radius 3 is 2.44 bits per heavy atom. The zero-order valence-electron chi connectivity index (χ0n) is 17.1. The Bertz CT molecular complexity index is 507. The van der Waals surface area contributed by atoms with E-state index in [9.17, 15) is 14.4 Å². The molecule has 2 N–H and O–H groups in total. The van der Waals surface area contributed by atoms with Gasteiger partial charge in [-0.1, -0.05) is 12.8 Å². The van der Waals surface area contributed by atoms with Crippen LogP contribution in [0.3, 0.4) is 0 Å². The Balaban J connectivity index is 2.64. The van der Waals surface area contributed by atoms with Crippen molar-refractivity contribution in [1.82, 2.24) is 10.6 Å². The van der Waals surface area contributed by atoms with E-state index in [1.807, 2.05) is 6.26 Å². The minimum atomic E-state index is -0.660. The Morgan fingerprint density at radius 1 is 1.19 bits per heavy atom. The standard InChI is InChI=1S/C19H34N2O5S/c1-19(2,3)26-18(24)21-15(10-11-27-5)16(22)20-12-13-8-6-7-9-14(13)17(23)25-4/h13-15H,6-12H2,1-5H3,(H,20,22)(H,21,24). The smallest absolute Gasteiger partial charge is 0.408 e. The number of alkyl carbamates (subject to hydrolysis) is 1. The quantitative estimate of drug-likeness (QED) is 0.606. The van der Waals surface area contributed by atoms with Crippen LogP contribution in [0.2, 0.25) is 0 Å². The fourth-order valence-corrected chi connectivity index (χ4v) is 3.69. The molecule has 156 valence electrons. The lowest BCUT2D eigenvalue weighted by atomic mass is 9.79. The Kier molecular flexibility index (Phi) is 9.98. The van der Waals surface area contributed by atoms with Gasteiger partial charge in [0, 0.05) is 6.54 Å². The molecule has 0 aromatic carbocycles. The predicted octanol–water partition coefficient (Wildman–Crippen LogP) is 2.73. The number of carbonyl (C=O) groups is 3. The Labute approximate surface area is 166 Å². The molecule has 1 saturated carbocycles. The first-order valence-corrected chi connectivity index (χ1v) is 10.9. The summed E-state index contributed by atoms with van der Waals surface area (Å²) in [7, 11) is 1.40. The average molecular weight is 403 g/mol. The van der Waals surface area contributed by atoms with Gasteiger partial charge in [-0.2, -0.15) is 11.8 Å². The van der Waals surface area contributed by atoms with E-state index in [4.69, 9.17) is 9.47 Å². The average Bonchev–Trinajstić information content (AvgIpc) is 2.61. The summed E-state index contributed by atoms with van der Waals surface area (Å²) in [5.41, 5.74) is -0.625. The minimum Gasteiger partial charge on any atom is -0.469 e. The van der Waals surface area contributed by atoms with Crippen LogP contribution in [0.25, 0.3) is 0 Å². The second kappa shape index (κ2) is 11.4. The number of hydrogen-bond acceptors (Lipinski definition) is 6. The molecular weight excluding hydrogens is 368 g/mol. The van der Waals surface area contributed by atoms with Crippen molar-refractivity contribution >= 4 is 29.7 Å². The molecule has 3 unspecified atom stereocenters. The summed E-state index contributed by atoms with van der Waals surface area (Å²) in [6, 6.07) is -0.660. The van der Waals surface area contributed by atoms with Crippen molar-refractivity contribution < 1.29 is 23.9 Å². The SMILES string of the molecule is COC(=O)C1CCCCC1CNC(=O)C(CCSC)NC(=O)OC(C)(C)C. The van der Waals surface area contributed by atoms with Gasteiger partial charge in [0.1, 0.15) is 11.6 Å². The first kappa shape index (κ1) is 23.6. The molecule has 0 aromatic rings. The number of hydrogen-bond donors (Lipinski definition) is 2. The maximum absolute atomic E-state index is 12.6. The van der Waals surface area contributed by atoms with Crippen molar-refractivity contribution in [1.29, 1.82) is 0 Å². The zero-order valence-corrected chi connectivity index (χ0v) is 17.9. The molecule has 7 nitrogen and oxygen atoms in total. The second-order valence-electron chi connectivity index (χ2n) is 7.90. The maximum atomic E-state index is 12.6. The molecule has 0 aliphatic heterocycles. The van der Waals surface area contributed by atoms with E-state index in [1.165, 1.54) is 7.11 Å². The number of methoxy groups -OCH3 is 1. The molecule has 0 spiro atoms. The van der Waals surface area contributed by atoms with Crippen molar-refractivity contribution in [3.8, 4) is 0 Å². The van der Waals surface area contributed by atoms with Crippen molar-refractivity contribution in [3.63, 3.8) is 0 Å². The number of thioether (sulfide) groups is 1. The molecule has 0 radical (unpaired) electrons. The lowest BCUT2D eigenvalue weighted by molar-refractivity contribution is -0.148. The molecule has 3 atom stereocenters. The lowest BCUT2D eigenvalue weighted by Gasteiger charge is -2.30. The number of esters is 1. The highest BCUT2D eigenvalue weighted by Crippen LogP contribution is 2.30.